The van der Waals surface area contributed by atoms with Crippen molar-refractivity contribution in [3.8, 4) is 0 Å². The molecule has 0 N–H and O–H groups in total. The normalized spacial score (nSPS) is 19.8. The zero-order valence-corrected chi connectivity index (χ0v) is 23.3. The zero-order valence-electron chi connectivity index (χ0n) is 18.2. The first-order valence-corrected chi connectivity index (χ1v) is 18.8. The third-order valence-electron chi connectivity index (χ3n) is 5.92. The molecule has 0 aromatic heterocycles. The van der Waals surface area contributed by atoms with Gasteiger partial charge in [0.25, 0.3) is 0 Å². The number of hydrogen-bond donors (Lipinski definition) is 0. The molecule has 4 rings (SSSR count). The Morgan fingerprint density at radius 3 is 1.28 bits per heavy atom. The fourth-order valence-electron chi connectivity index (χ4n) is 4.47. The van der Waals surface area contributed by atoms with Gasteiger partial charge in [-0.25, -0.2) is 0 Å². The maximum absolute atomic E-state index is 2.56. The first-order valence-electron chi connectivity index (χ1n) is 10.0. The predicted molar refractivity (Wildman–Crippen MR) is 121 cm³/mol. The summed E-state index contributed by atoms with van der Waals surface area (Å²) in [6, 6.07) is 18.4. The minimum Gasteiger partial charge on any atom is -1.00 e. The summed E-state index contributed by atoms with van der Waals surface area (Å²) >= 11 is -0.214. The quantitative estimate of drug-likeness (QED) is 0.561. The fraction of sp³-hybridized carbons (Fsp3) is 0.333. The van der Waals surface area contributed by atoms with Gasteiger partial charge >= 0.3 is 176 Å². The van der Waals surface area contributed by atoms with Crippen molar-refractivity contribution in [1.29, 1.82) is 0 Å². The maximum atomic E-state index is 2.56. The molecule has 0 saturated heterocycles. The molecule has 152 valence electrons. The van der Waals surface area contributed by atoms with Crippen LogP contribution in [0.25, 0.3) is 12.2 Å². The molecule has 5 heteroatoms. The Kier molecular flexibility index (Phi) is 7.75. The molecule has 2 unspecified atom stereocenters. The second kappa shape index (κ2) is 9.02. The first kappa shape index (κ1) is 24.9. The summed E-state index contributed by atoms with van der Waals surface area (Å²) in [6.07, 6.45) is 5.13. The van der Waals surface area contributed by atoms with E-state index in [9.17, 15) is 0 Å². The molecule has 0 fully saturated rings. The van der Waals surface area contributed by atoms with Gasteiger partial charge in [0.1, 0.15) is 0 Å². The van der Waals surface area contributed by atoms with E-state index in [-0.39, 0.29) is 44.0 Å². The summed E-state index contributed by atoms with van der Waals surface area (Å²) in [5.41, 5.74) is 6.23. The van der Waals surface area contributed by atoms with Crippen molar-refractivity contribution in [2.75, 3.05) is 0 Å². The van der Waals surface area contributed by atoms with Gasteiger partial charge < -0.3 is 24.8 Å². The van der Waals surface area contributed by atoms with Gasteiger partial charge in [0.15, 0.2) is 0 Å². The van der Waals surface area contributed by atoms with Crippen LogP contribution in [0.2, 0.25) is 39.3 Å². The number of fused-ring (bicyclic) bond motifs is 2. The summed E-state index contributed by atoms with van der Waals surface area (Å²) in [5.74, 6) is 0. The van der Waals surface area contributed by atoms with Gasteiger partial charge in [-0.3, -0.25) is 0 Å². The minimum absolute atomic E-state index is 0. The Labute approximate surface area is 200 Å². The van der Waals surface area contributed by atoms with Crippen LogP contribution in [-0.4, -0.2) is 16.1 Å². The molecule has 2 aliphatic rings. The summed E-state index contributed by atoms with van der Waals surface area (Å²) < 4.78 is 1.42. The van der Waals surface area contributed by atoms with Crippen molar-refractivity contribution >= 4 is 28.3 Å². The van der Waals surface area contributed by atoms with Crippen LogP contribution in [-0.2, 0) is 19.2 Å². The molecule has 0 aliphatic heterocycles. The van der Waals surface area contributed by atoms with Gasteiger partial charge in [-0.1, -0.05) is 0 Å². The van der Waals surface area contributed by atoms with E-state index in [0.717, 1.165) is 0 Å². The molecular formula is C24H30Cl2Si2Ti. The number of benzene rings is 2. The zero-order chi connectivity index (χ0) is 19.4. The molecule has 2 aromatic carbocycles. The number of rotatable bonds is 4. The molecule has 0 spiro atoms. The molecule has 2 atom stereocenters. The summed E-state index contributed by atoms with van der Waals surface area (Å²) in [7, 11) is -2.66. The van der Waals surface area contributed by atoms with Crippen molar-refractivity contribution in [3.63, 3.8) is 0 Å². The average molecular weight is 493 g/mol. The Balaban J connectivity index is 0.00000150. The van der Waals surface area contributed by atoms with Crippen LogP contribution in [0.3, 0.4) is 0 Å². The van der Waals surface area contributed by atoms with Gasteiger partial charge in [-0.05, 0) is 0 Å². The molecule has 29 heavy (non-hydrogen) atoms. The second-order valence-corrected chi connectivity index (χ2v) is 22.5. The SMILES string of the molecule is C[Si](C)(C)C1=Cc2ccccc2[CH]1[Ti+2][CH]1C([Si](C)(C)C)=Cc2ccccc21.[Cl-].[Cl-]. The molecular weight excluding hydrogens is 463 g/mol. The molecule has 2 aromatic rings. The molecule has 0 bridgehead atoms. The summed E-state index contributed by atoms with van der Waals surface area (Å²) in [5, 5.41) is 3.59. The van der Waals surface area contributed by atoms with E-state index >= 15 is 0 Å². The van der Waals surface area contributed by atoms with Crippen molar-refractivity contribution < 1.29 is 44.0 Å². The average Bonchev–Trinajstić information content (AvgIpc) is 3.14. The Bertz CT molecular complexity index is 874. The summed E-state index contributed by atoms with van der Waals surface area (Å²) in [4.78, 5) is 0. The van der Waals surface area contributed by atoms with Crippen LogP contribution in [0, 0.1) is 0 Å². The van der Waals surface area contributed by atoms with Crippen LogP contribution in [0.15, 0.2) is 58.9 Å². The monoisotopic (exact) mass is 492 g/mol. The fourth-order valence-corrected chi connectivity index (χ4v) is 15.2. The van der Waals surface area contributed by atoms with Gasteiger partial charge in [0.2, 0.25) is 0 Å². The van der Waals surface area contributed by atoms with Crippen LogP contribution < -0.4 is 24.8 Å². The Morgan fingerprint density at radius 2 is 0.931 bits per heavy atom. The van der Waals surface area contributed by atoms with E-state index in [2.05, 4.69) is 100.0 Å². The van der Waals surface area contributed by atoms with Gasteiger partial charge in [-0.15, -0.1) is 0 Å². The molecule has 0 heterocycles. The molecule has 0 saturated carbocycles. The predicted octanol–water partition coefficient (Wildman–Crippen LogP) is 1.11. The van der Waals surface area contributed by atoms with Crippen molar-refractivity contribution in [1.82, 2.24) is 0 Å². The molecule has 2 aliphatic carbocycles. The maximum Gasteiger partial charge on any atom is -1.00 e. The van der Waals surface area contributed by atoms with E-state index in [4.69, 9.17) is 0 Å². The standard InChI is InChI=1S/2C12H15Si.2ClH.Ti/c2*1-13(2,3)12-8-10-6-4-5-7-11(10)9-12;;;/h2*4-9H,1-3H3;2*1H;/q;;;;+2/p-2. The van der Waals surface area contributed by atoms with Crippen LogP contribution in [0.5, 0.6) is 0 Å². The van der Waals surface area contributed by atoms with Gasteiger partial charge in [-0.2, -0.15) is 0 Å². The summed E-state index contributed by atoms with van der Waals surface area (Å²) in [6.45, 7) is 15.2. The van der Waals surface area contributed by atoms with E-state index in [1.54, 1.807) is 21.5 Å². The molecule has 0 radical (unpaired) electrons. The Morgan fingerprint density at radius 1 is 0.586 bits per heavy atom. The minimum atomic E-state index is -1.33. The van der Waals surface area contributed by atoms with Crippen molar-refractivity contribution in [3.05, 3.63) is 81.2 Å². The van der Waals surface area contributed by atoms with Crippen molar-refractivity contribution in [2.45, 2.75) is 47.7 Å². The van der Waals surface area contributed by atoms with Crippen LogP contribution in [0.1, 0.15) is 30.7 Å². The van der Waals surface area contributed by atoms with Crippen LogP contribution >= 0.6 is 0 Å². The second-order valence-electron chi connectivity index (χ2n) is 9.99. The smallest absolute Gasteiger partial charge is 1.00 e. The number of hydrogen-bond acceptors (Lipinski definition) is 0. The third-order valence-corrected chi connectivity index (χ3v) is 14.1. The Hall–Kier alpha value is -0.352. The first-order chi connectivity index (χ1) is 12.7. The van der Waals surface area contributed by atoms with Gasteiger partial charge in [0.05, 0.1) is 0 Å². The van der Waals surface area contributed by atoms with Crippen LogP contribution in [0.4, 0.5) is 0 Å². The van der Waals surface area contributed by atoms with E-state index in [1.807, 2.05) is 0 Å². The number of allylic oxidation sites excluding steroid dienone is 2. The van der Waals surface area contributed by atoms with Crippen molar-refractivity contribution in [2.24, 2.45) is 0 Å². The molecule has 0 amide bonds. The van der Waals surface area contributed by atoms with E-state index in [0.29, 0.717) is 8.45 Å². The molecule has 0 nitrogen and oxygen atoms in total. The van der Waals surface area contributed by atoms with E-state index < -0.39 is 16.1 Å². The third kappa shape index (κ3) is 4.79. The van der Waals surface area contributed by atoms with E-state index in [1.165, 1.54) is 11.1 Å². The number of halogens is 2. The van der Waals surface area contributed by atoms with Gasteiger partial charge in [0, 0.05) is 0 Å². The topological polar surface area (TPSA) is 0 Å². The largest absolute Gasteiger partial charge is 1.00 e.